The molecule has 0 saturated carbocycles. The van der Waals surface area contributed by atoms with Crippen molar-refractivity contribution in [3.05, 3.63) is 0 Å². The quantitative estimate of drug-likeness (QED) is 0.233. The molecule has 0 amide bonds. The van der Waals surface area contributed by atoms with Crippen molar-refractivity contribution in [1.29, 1.82) is 0 Å². The van der Waals surface area contributed by atoms with Crippen LogP contribution in [0, 0.1) is 0 Å². The first-order chi connectivity index (χ1) is 10.9. The summed E-state index contributed by atoms with van der Waals surface area (Å²) in [5, 5.41) is 0. The zero-order valence-corrected chi connectivity index (χ0v) is 14.0. The number of phosphoric acid groups is 1. The third-order valence-electron chi connectivity index (χ3n) is 2.72. The topological polar surface area (TPSA) is 44.8 Å². The highest BCUT2D eigenvalue weighted by Crippen LogP contribution is 2.55. The minimum Gasteiger partial charge on any atom is -0.287 e. The standard InChI is InChI=1S/C12H20F7O4P/c1-3-5-7-21-24(20,22-8-6-4-2)23-10(15)12(18,19)11(16,17)9(13)14/h9-10H,3-8H2,1-2H3. The molecule has 0 bridgehead atoms. The maximum atomic E-state index is 13.4. The third kappa shape index (κ3) is 6.50. The van der Waals surface area contributed by atoms with E-state index in [0.29, 0.717) is 12.8 Å². The van der Waals surface area contributed by atoms with E-state index in [2.05, 4.69) is 13.6 Å². The molecule has 0 spiro atoms. The van der Waals surface area contributed by atoms with E-state index in [9.17, 15) is 35.3 Å². The second kappa shape index (κ2) is 9.94. The molecule has 0 rings (SSSR count). The van der Waals surface area contributed by atoms with Gasteiger partial charge in [0, 0.05) is 0 Å². The van der Waals surface area contributed by atoms with Crippen LogP contribution in [0.15, 0.2) is 0 Å². The van der Waals surface area contributed by atoms with Crippen LogP contribution >= 0.6 is 7.82 Å². The minimum atomic E-state index is -6.02. The second-order valence-corrected chi connectivity index (χ2v) is 6.41. The lowest BCUT2D eigenvalue weighted by molar-refractivity contribution is -0.313. The Morgan fingerprint density at radius 1 is 0.875 bits per heavy atom. The van der Waals surface area contributed by atoms with E-state index in [0.717, 1.165) is 0 Å². The monoisotopic (exact) mass is 392 g/mol. The van der Waals surface area contributed by atoms with E-state index in [1.165, 1.54) is 0 Å². The number of rotatable bonds is 13. The summed E-state index contributed by atoms with van der Waals surface area (Å²) in [7, 11) is -4.96. The van der Waals surface area contributed by atoms with Gasteiger partial charge in [-0.25, -0.2) is 22.3 Å². The van der Waals surface area contributed by atoms with Crippen LogP contribution in [0.1, 0.15) is 39.5 Å². The second-order valence-electron chi connectivity index (χ2n) is 4.79. The molecule has 0 heterocycles. The van der Waals surface area contributed by atoms with Crippen molar-refractivity contribution < 1.29 is 48.9 Å². The van der Waals surface area contributed by atoms with Crippen LogP contribution < -0.4 is 0 Å². The van der Waals surface area contributed by atoms with E-state index in [4.69, 9.17) is 0 Å². The molecule has 0 aromatic carbocycles. The summed E-state index contributed by atoms with van der Waals surface area (Å²) < 4.78 is 114. The molecule has 4 nitrogen and oxygen atoms in total. The molecule has 12 heteroatoms. The number of alkyl halides is 7. The summed E-state index contributed by atoms with van der Waals surface area (Å²) in [6.45, 7) is 2.71. The Morgan fingerprint density at radius 3 is 1.62 bits per heavy atom. The maximum Gasteiger partial charge on any atom is 0.477 e. The van der Waals surface area contributed by atoms with Crippen LogP contribution in [0.5, 0.6) is 0 Å². The summed E-state index contributed by atoms with van der Waals surface area (Å²) in [4.78, 5) is 0. The van der Waals surface area contributed by atoms with E-state index in [1.54, 1.807) is 13.8 Å². The van der Waals surface area contributed by atoms with Gasteiger partial charge in [-0.15, -0.1) is 0 Å². The van der Waals surface area contributed by atoms with Crippen LogP contribution in [0.2, 0.25) is 0 Å². The molecular weight excluding hydrogens is 372 g/mol. The Kier molecular flexibility index (Phi) is 9.78. The number of hydrogen-bond donors (Lipinski definition) is 0. The minimum absolute atomic E-state index is 0.269. The summed E-state index contributed by atoms with van der Waals surface area (Å²) in [5.74, 6) is -12.0. The average Bonchev–Trinajstić information content (AvgIpc) is 2.47. The Balaban J connectivity index is 5.13. The first-order valence-electron chi connectivity index (χ1n) is 7.20. The Labute approximate surface area is 135 Å². The van der Waals surface area contributed by atoms with Crippen molar-refractivity contribution >= 4 is 7.82 Å². The molecule has 0 aliphatic heterocycles. The van der Waals surface area contributed by atoms with Crippen molar-refractivity contribution in [2.45, 2.75) is 64.2 Å². The fourth-order valence-electron chi connectivity index (χ4n) is 1.22. The van der Waals surface area contributed by atoms with Crippen LogP contribution in [0.25, 0.3) is 0 Å². The summed E-state index contributed by atoms with van der Waals surface area (Å²) >= 11 is 0. The van der Waals surface area contributed by atoms with Gasteiger partial charge in [0.2, 0.25) is 0 Å². The maximum absolute atomic E-state index is 13.4. The van der Waals surface area contributed by atoms with Crippen LogP contribution in [-0.2, 0) is 18.1 Å². The molecule has 0 radical (unpaired) electrons. The van der Waals surface area contributed by atoms with Crippen LogP contribution in [0.4, 0.5) is 30.7 Å². The summed E-state index contributed by atoms with van der Waals surface area (Å²) in [6.07, 6.45) is -7.58. The number of halogens is 7. The van der Waals surface area contributed by atoms with Crippen molar-refractivity contribution in [3.8, 4) is 0 Å². The van der Waals surface area contributed by atoms with Crippen molar-refractivity contribution in [2.75, 3.05) is 13.2 Å². The Hall–Kier alpha value is -0.380. The van der Waals surface area contributed by atoms with Crippen molar-refractivity contribution in [2.24, 2.45) is 0 Å². The van der Waals surface area contributed by atoms with Gasteiger partial charge in [0.25, 0.3) is 6.36 Å². The summed E-state index contributed by atoms with van der Waals surface area (Å²) in [5.41, 5.74) is 0. The highest BCUT2D eigenvalue weighted by atomic mass is 31.2. The molecular formula is C12H20F7O4P. The van der Waals surface area contributed by atoms with Crippen LogP contribution in [-0.4, -0.2) is 37.8 Å². The summed E-state index contributed by atoms with van der Waals surface area (Å²) in [6, 6.07) is 0. The molecule has 0 aromatic heterocycles. The predicted molar refractivity (Wildman–Crippen MR) is 71.2 cm³/mol. The van der Waals surface area contributed by atoms with Gasteiger partial charge < -0.3 is 0 Å². The van der Waals surface area contributed by atoms with E-state index in [-0.39, 0.29) is 26.1 Å². The fraction of sp³-hybridized carbons (Fsp3) is 1.00. The van der Waals surface area contributed by atoms with Gasteiger partial charge in [0.1, 0.15) is 0 Å². The lowest BCUT2D eigenvalue weighted by Gasteiger charge is -2.29. The lowest BCUT2D eigenvalue weighted by atomic mass is 10.2. The molecule has 0 N–H and O–H groups in total. The zero-order chi connectivity index (χ0) is 19.0. The molecule has 1 unspecified atom stereocenters. The molecule has 0 aromatic rings. The smallest absolute Gasteiger partial charge is 0.287 e. The zero-order valence-electron chi connectivity index (χ0n) is 13.1. The van der Waals surface area contributed by atoms with Gasteiger partial charge in [0.05, 0.1) is 13.2 Å². The number of phosphoric ester groups is 1. The molecule has 1 atom stereocenters. The lowest BCUT2D eigenvalue weighted by Crippen LogP contribution is -2.53. The van der Waals surface area contributed by atoms with Gasteiger partial charge in [-0.05, 0) is 12.8 Å². The molecule has 0 aliphatic rings. The molecule has 0 saturated heterocycles. The predicted octanol–water partition coefficient (Wildman–Crippen LogP) is 5.58. The molecule has 146 valence electrons. The third-order valence-corrected chi connectivity index (χ3v) is 4.16. The van der Waals surface area contributed by atoms with Gasteiger partial charge in [0.15, 0.2) is 0 Å². The van der Waals surface area contributed by atoms with Crippen molar-refractivity contribution in [1.82, 2.24) is 0 Å². The van der Waals surface area contributed by atoms with Gasteiger partial charge >= 0.3 is 26.1 Å². The van der Waals surface area contributed by atoms with E-state index < -0.39 is 32.5 Å². The molecule has 0 fully saturated rings. The van der Waals surface area contributed by atoms with Gasteiger partial charge in [-0.3, -0.25) is 9.05 Å². The Morgan fingerprint density at radius 2 is 1.29 bits per heavy atom. The molecule has 0 aliphatic carbocycles. The molecule has 24 heavy (non-hydrogen) atoms. The van der Waals surface area contributed by atoms with E-state index in [1.807, 2.05) is 0 Å². The first-order valence-corrected chi connectivity index (χ1v) is 8.66. The van der Waals surface area contributed by atoms with Crippen LogP contribution in [0.3, 0.4) is 0 Å². The number of unbranched alkanes of at least 4 members (excludes halogenated alkanes) is 2. The SMILES string of the molecule is CCCCOP(=O)(OCCCC)OC(F)C(F)(F)C(F)(F)C(F)F. The van der Waals surface area contributed by atoms with Crippen molar-refractivity contribution in [3.63, 3.8) is 0 Å². The Bertz CT molecular complexity index is 395. The van der Waals surface area contributed by atoms with Gasteiger partial charge in [-0.1, -0.05) is 26.7 Å². The number of hydrogen-bond acceptors (Lipinski definition) is 4. The first kappa shape index (κ1) is 23.6. The highest BCUT2D eigenvalue weighted by Gasteiger charge is 2.69. The van der Waals surface area contributed by atoms with E-state index >= 15 is 0 Å². The largest absolute Gasteiger partial charge is 0.477 e. The van der Waals surface area contributed by atoms with Gasteiger partial charge in [-0.2, -0.15) is 17.6 Å². The highest BCUT2D eigenvalue weighted by molar-refractivity contribution is 7.48. The fourth-order valence-corrected chi connectivity index (χ4v) is 2.48. The average molecular weight is 392 g/mol. The normalized spacial score (nSPS) is 15.1.